The van der Waals surface area contributed by atoms with E-state index in [4.69, 9.17) is 0 Å². The van der Waals surface area contributed by atoms with Crippen LogP contribution in [0.5, 0.6) is 0 Å². The molecule has 0 rings (SSSR count). The topological polar surface area (TPSA) is 0 Å². The van der Waals surface area contributed by atoms with Gasteiger partial charge in [-0.1, -0.05) is 76.0 Å². The van der Waals surface area contributed by atoms with Crippen LogP contribution in [-0.2, 0) is 0 Å². The first-order valence-corrected chi connectivity index (χ1v) is 7.84. The zero-order valence-electron chi connectivity index (χ0n) is 12.4. The van der Waals surface area contributed by atoms with Crippen molar-refractivity contribution in [2.45, 2.75) is 77.6 Å². The quantitative estimate of drug-likeness (QED) is 0.196. The van der Waals surface area contributed by atoms with Crippen LogP contribution in [-0.4, -0.2) is 0 Å². The van der Waals surface area contributed by atoms with Crippen LogP contribution in [0.25, 0.3) is 0 Å². The Morgan fingerprint density at radius 2 is 1.17 bits per heavy atom. The Bertz CT molecular complexity index is 210. The van der Waals surface area contributed by atoms with Crippen molar-refractivity contribution < 1.29 is 0 Å². The molecule has 0 unspecified atom stereocenters. The predicted molar refractivity (Wildman–Crippen MR) is 84.9 cm³/mol. The standard InChI is InChI=1S/C18H32/c1-3-5-7-9-11-13-15-17-18-16-14-12-10-8-6-4-2/h3,5,7,17-18H,1,4,6,8-16H2,2H3/b7-5-,18-17?. The Morgan fingerprint density at radius 3 is 1.78 bits per heavy atom. The predicted octanol–water partition coefficient (Wildman–Crippen LogP) is 6.60. The van der Waals surface area contributed by atoms with Gasteiger partial charge in [0.05, 0.1) is 0 Å². The Morgan fingerprint density at radius 1 is 0.667 bits per heavy atom. The Hall–Kier alpha value is -0.780. The van der Waals surface area contributed by atoms with Crippen LogP contribution >= 0.6 is 0 Å². The number of allylic oxidation sites excluding steroid dienone is 5. The summed E-state index contributed by atoms with van der Waals surface area (Å²) in [5.74, 6) is 0. The minimum Gasteiger partial charge on any atom is -0.0991 e. The molecule has 18 heavy (non-hydrogen) atoms. The van der Waals surface area contributed by atoms with Gasteiger partial charge in [0.15, 0.2) is 0 Å². The molecule has 0 amide bonds. The normalized spacial score (nSPS) is 11.6. The monoisotopic (exact) mass is 248 g/mol. The van der Waals surface area contributed by atoms with Gasteiger partial charge in [0.25, 0.3) is 0 Å². The van der Waals surface area contributed by atoms with Gasteiger partial charge in [-0.05, 0) is 38.5 Å². The van der Waals surface area contributed by atoms with Crippen LogP contribution in [0.2, 0.25) is 0 Å². The lowest BCUT2D eigenvalue weighted by atomic mass is 10.1. The molecule has 0 aliphatic carbocycles. The fraction of sp³-hybridized carbons (Fsp3) is 0.667. The van der Waals surface area contributed by atoms with Gasteiger partial charge < -0.3 is 0 Å². The molecule has 0 bridgehead atoms. The molecule has 0 spiro atoms. The Labute approximate surface area is 115 Å². The molecule has 0 N–H and O–H groups in total. The highest BCUT2D eigenvalue weighted by Gasteiger charge is 1.88. The molecule has 0 atom stereocenters. The summed E-state index contributed by atoms with van der Waals surface area (Å²) in [6.07, 6.45) is 25.6. The second-order valence-electron chi connectivity index (χ2n) is 4.98. The van der Waals surface area contributed by atoms with E-state index >= 15 is 0 Å². The Balaban J connectivity index is 3.09. The van der Waals surface area contributed by atoms with Gasteiger partial charge in [0, 0.05) is 0 Å². The third-order valence-electron chi connectivity index (χ3n) is 3.15. The minimum absolute atomic E-state index is 1.19. The van der Waals surface area contributed by atoms with Crippen molar-refractivity contribution in [1.82, 2.24) is 0 Å². The maximum absolute atomic E-state index is 3.66. The molecule has 0 fully saturated rings. The lowest BCUT2D eigenvalue weighted by molar-refractivity contribution is 0.611. The summed E-state index contributed by atoms with van der Waals surface area (Å²) in [5, 5.41) is 0. The molecular formula is C18H32. The summed E-state index contributed by atoms with van der Waals surface area (Å²) in [6, 6.07) is 0. The van der Waals surface area contributed by atoms with E-state index < -0.39 is 0 Å². The lowest BCUT2D eigenvalue weighted by Crippen LogP contribution is -1.78. The van der Waals surface area contributed by atoms with E-state index in [1.807, 2.05) is 12.2 Å². The molecule has 0 aliphatic rings. The summed E-state index contributed by atoms with van der Waals surface area (Å²) in [6.45, 7) is 5.94. The molecule has 0 aromatic heterocycles. The molecule has 0 nitrogen and oxygen atoms in total. The van der Waals surface area contributed by atoms with Crippen molar-refractivity contribution in [2.75, 3.05) is 0 Å². The van der Waals surface area contributed by atoms with E-state index in [1.165, 1.54) is 70.6 Å². The van der Waals surface area contributed by atoms with Gasteiger partial charge in [0.2, 0.25) is 0 Å². The van der Waals surface area contributed by atoms with Gasteiger partial charge in [0.1, 0.15) is 0 Å². The van der Waals surface area contributed by atoms with Gasteiger partial charge >= 0.3 is 0 Å². The van der Waals surface area contributed by atoms with E-state index in [2.05, 4.69) is 31.7 Å². The fourth-order valence-electron chi connectivity index (χ4n) is 2.00. The molecule has 0 saturated heterocycles. The maximum atomic E-state index is 3.66. The zero-order valence-corrected chi connectivity index (χ0v) is 12.4. The first-order valence-electron chi connectivity index (χ1n) is 7.84. The van der Waals surface area contributed by atoms with Gasteiger partial charge in [-0.25, -0.2) is 0 Å². The van der Waals surface area contributed by atoms with Gasteiger partial charge in [-0.2, -0.15) is 0 Å². The molecule has 104 valence electrons. The number of rotatable bonds is 13. The van der Waals surface area contributed by atoms with Crippen molar-refractivity contribution in [3.8, 4) is 0 Å². The van der Waals surface area contributed by atoms with Crippen LogP contribution in [0.15, 0.2) is 37.0 Å². The van der Waals surface area contributed by atoms with Crippen LogP contribution in [0.1, 0.15) is 77.6 Å². The minimum atomic E-state index is 1.19. The largest absolute Gasteiger partial charge is 0.0991 e. The third kappa shape index (κ3) is 15.2. The van der Waals surface area contributed by atoms with E-state index in [0.717, 1.165) is 0 Å². The van der Waals surface area contributed by atoms with E-state index in [9.17, 15) is 0 Å². The van der Waals surface area contributed by atoms with Crippen LogP contribution in [0.4, 0.5) is 0 Å². The molecule has 0 saturated carbocycles. The highest BCUT2D eigenvalue weighted by Crippen LogP contribution is 2.08. The van der Waals surface area contributed by atoms with Gasteiger partial charge in [-0.3, -0.25) is 0 Å². The van der Waals surface area contributed by atoms with Crippen LogP contribution < -0.4 is 0 Å². The van der Waals surface area contributed by atoms with Gasteiger partial charge in [-0.15, -0.1) is 0 Å². The van der Waals surface area contributed by atoms with Crippen LogP contribution in [0.3, 0.4) is 0 Å². The van der Waals surface area contributed by atoms with Crippen molar-refractivity contribution in [3.63, 3.8) is 0 Å². The highest BCUT2D eigenvalue weighted by molar-refractivity contribution is 4.96. The molecule has 0 aliphatic heterocycles. The van der Waals surface area contributed by atoms with E-state index in [-0.39, 0.29) is 0 Å². The number of hydrogen-bond donors (Lipinski definition) is 0. The van der Waals surface area contributed by atoms with Crippen LogP contribution in [0, 0.1) is 0 Å². The second-order valence-corrected chi connectivity index (χ2v) is 4.98. The summed E-state index contributed by atoms with van der Waals surface area (Å²) < 4.78 is 0. The molecular weight excluding hydrogens is 216 g/mol. The molecule has 0 heteroatoms. The van der Waals surface area contributed by atoms with Crippen molar-refractivity contribution in [2.24, 2.45) is 0 Å². The van der Waals surface area contributed by atoms with Crippen molar-refractivity contribution in [3.05, 3.63) is 37.0 Å². The zero-order chi connectivity index (χ0) is 13.3. The van der Waals surface area contributed by atoms with E-state index in [1.54, 1.807) is 0 Å². The number of unbranched alkanes of at least 4 members (excludes halogenated alkanes) is 9. The first kappa shape index (κ1) is 17.2. The van der Waals surface area contributed by atoms with E-state index in [0.29, 0.717) is 0 Å². The second kappa shape index (κ2) is 16.2. The summed E-state index contributed by atoms with van der Waals surface area (Å²) in [4.78, 5) is 0. The maximum Gasteiger partial charge on any atom is -0.0348 e. The lowest BCUT2D eigenvalue weighted by Gasteiger charge is -1.97. The molecule has 0 radical (unpaired) electrons. The molecule has 0 aromatic carbocycles. The summed E-state index contributed by atoms with van der Waals surface area (Å²) >= 11 is 0. The smallest absolute Gasteiger partial charge is 0.0348 e. The van der Waals surface area contributed by atoms with Crippen molar-refractivity contribution >= 4 is 0 Å². The average molecular weight is 248 g/mol. The number of hydrogen-bond acceptors (Lipinski definition) is 0. The molecule has 0 aromatic rings. The molecule has 0 heterocycles. The highest BCUT2D eigenvalue weighted by atomic mass is 13.9. The fourth-order valence-corrected chi connectivity index (χ4v) is 2.00. The summed E-state index contributed by atoms with van der Waals surface area (Å²) in [7, 11) is 0. The Kier molecular flexibility index (Phi) is 15.5. The summed E-state index contributed by atoms with van der Waals surface area (Å²) in [5.41, 5.74) is 0. The van der Waals surface area contributed by atoms with Crippen molar-refractivity contribution in [1.29, 1.82) is 0 Å². The average Bonchev–Trinajstić information content (AvgIpc) is 2.39. The SMILES string of the molecule is C=C/C=C\CCCCC=CCCCCCCCC. The third-order valence-corrected chi connectivity index (χ3v) is 3.15. The first-order chi connectivity index (χ1) is 8.91.